The highest BCUT2D eigenvalue weighted by atomic mass is 16.5. The van der Waals surface area contributed by atoms with Gasteiger partial charge in [-0.15, -0.1) is 0 Å². The Morgan fingerprint density at radius 1 is 1.40 bits per heavy atom. The third-order valence-corrected chi connectivity index (χ3v) is 3.38. The van der Waals surface area contributed by atoms with Crippen LogP contribution < -0.4 is 0 Å². The Morgan fingerprint density at radius 3 is 2.85 bits per heavy atom. The summed E-state index contributed by atoms with van der Waals surface area (Å²) in [5, 5.41) is 29.4. The van der Waals surface area contributed by atoms with Crippen LogP contribution in [0, 0.1) is 0 Å². The van der Waals surface area contributed by atoms with Gasteiger partial charge in [-0.2, -0.15) is 0 Å². The second kappa shape index (κ2) is 6.07. The fourth-order valence-electron chi connectivity index (χ4n) is 2.30. The Bertz CT molecular complexity index is 523. The first-order valence-electron chi connectivity index (χ1n) is 6.57. The van der Waals surface area contributed by atoms with Gasteiger partial charge in [0.05, 0.1) is 18.8 Å². The number of carbonyl (C=O) groups excluding carboxylic acids is 1. The lowest BCUT2D eigenvalue weighted by molar-refractivity contribution is 0.00817. The summed E-state index contributed by atoms with van der Waals surface area (Å²) in [4.78, 5) is 11.7. The van der Waals surface area contributed by atoms with Gasteiger partial charge in [-0.05, 0) is 31.0 Å². The Kier molecular flexibility index (Phi) is 4.42. The summed E-state index contributed by atoms with van der Waals surface area (Å²) in [6.45, 7) is 1.90. The molecule has 0 amide bonds. The van der Waals surface area contributed by atoms with E-state index in [1.165, 1.54) is 12.1 Å². The van der Waals surface area contributed by atoms with Crippen molar-refractivity contribution < 1.29 is 24.9 Å². The van der Waals surface area contributed by atoms with Crippen molar-refractivity contribution in [2.45, 2.75) is 31.5 Å². The van der Waals surface area contributed by atoms with E-state index in [-0.39, 0.29) is 17.9 Å². The van der Waals surface area contributed by atoms with Crippen LogP contribution in [0.15, 0.2) is 30.4 Å². The molecule has 0 aromatic heterocycles. The number of aromatic hydroxyl groups is 1. The molecule has 1 aliphatic rings. The van der Waals surface area contributed by atoms with Crippen molar-refractivity contribution in [3.63, 3.8) is 0 Å². The zero-order valence-corrected chi connectivity index (χ0v) is 11.2. The second-order valence-corrected chi connectivity index (χ2v) is 4.74. The molecule has 0 aliphatic heterocycles. The number of hydrogen-bond donors (Lipinski definition) is 3. The van der Waals surface area contributed by atoms with Gasteiger partial charge in [0.2, 0.25) is 0 Å². The average Bonchev–Trinajstić information content (AvgIpc) is 2.43. The molecule has 0 radical (unpaired) electrons. The maximum absolute atomic E-state index is 11.7. The summed E-state index contributed by atoms with van der Waals surface area (Å²) < 4.78 is 4.87. The lowest BCUT2D eigenvalue weighted by Gasteiger charge is -2.28. The quantitative estimate of drug-likeness (QED) is 0.573. The van der Waals surface area contributed by atoms with E-state index in [1.807, 2.05) is 0 Å². The molecule has 3 N–H and O–H groups in total. The molecule has 20 heavy (non-hydrogen) atoms. The molecule has 0 unspecified atom stereocenters. The van der Waals surface area contributed by atoms with Gasteiger partial charge in [0.1, 0.15) is 11.3 Å². The van der Waals surface area contributed by atoms with Gasteiger partial charge in [-0.1, -0.05) is 18.2 Å². The molecule has 2 rings (SSSR count). The summed E-state index contributed by atoms with van der Waals surface area (Å²) in [6.07, 6.45) is 2.22. The van der Waals surface area contributed by atoms with Crippen molar-refractivity contribution in [2.75, 3.05) is 6.61 Å². The summed E-state index contributed by atoms with van der Waals surface area (Å²) in [6, 6.07) is 4.50. The van der Waals surface area contributed by atoms with E-state index in [1.54, 1.807) is 25.1 Å². The first kappa shape index (κ1) is 14.6. The number of hydrogen-bond acceptors (Lipinski definition) is 5. The van der Waals surface area contributed by atoms with E-state index >= 15 is 0 Å². The van der Waals surface area contributed by atoms with Crippen LogP contribution in [0.5, 0.6) is 5.75 Å². The van der Waals surface area contributed by atoms with Crippen LogP contribution in [0.2, 0.25) is 0 Å². The van der Waals surface area contributed by atoms with Crippen LogP contribution >= 0.6 is 0 Å². The van der Waals surface area contributed by atoms with Gasteiger partial charge in [0.15, 0.2) is 0 Å². The predicted octanol–water partition coefficient (Wildman–Crippen LogP) is 1.33. The van der Waals surface area contributed by atoms with Crippen molar-refractivity contribution >= 4 is 5.97 Å². The van der Waals surface area contributed by atoms with Crippen LogP contribution in [-0.4, -0.2) is 40.1 Å². The number of phenols is 1. The Balaban J connectivity index is 2.34. The van der Waals surface area contributed by atoms with E-state index in [4.69, 9.17) is 4.74 Å². The number of esters is 1. The number of benzene rings is 1. The van der Waals surface area contributed by atoms with Crippen molar-refractivity contribution in [3.8, 4) is 5.75 Å². The Hall–Kier alpha value is -1.85. The third-order valence-electron chi connectivity index (χ3n) is 3.38. The zero-order valence-electron chi connectivity index (χ0n) is 11.2. The van der Waals surface area contributed by atoms with Gasteiger partial charge >= 0.3 is 5.97 Å². The first-order valence-corrected chi connectivity index (χ1v) is 6.57. The molecule has 0 bridgehead atoms. The fourth-order valence-corrected chi connectivity index (χ4v) is 2.30. The summed E-state index contributed by atoms with van der Waals surface area (Å²) in [5.41, 5.74) is 0.707. The molecule has 0 fully saturated rings. The second-order valence-electron chi connectivity index (χ2n) is 4.74. The van der Waals surface area contributed by atoms with Crippen LogP contribution in [0.25, 0.3) is 0 Å². The summed E-state index contributed by atoms with van der Waals surface area (Å²) >= 11 is 0. The standard InChI is InChI=1S/C15H18O5/c1-2-20-15(19)11-8-9(6-7-12(11)16)10-4-3-5-13(17)14(10)18/h3-4,6-8,10,13-14,16-18H,2,5H2,1H3/t10-,13+,14-/m0/s1. The number of ether oxygens (including phenoxy) is 1. The van der Waals surface area contributed by atoms with Crippen molar-refractivity contribution in [3.05, 3.63) is 41.5 Å². The molecular weight excluding hydrogens is 260 g/mol. The molecule has 5 heteroatoms. The molecular formula is C15H18O5. The Labute approximate surface area is 117 Å². The molecule has 0 spiro atoms. The van der Waals surface area contributed by atoms with Gasteiger partial charge in [0.25, 0.3) is 0 Å². The first-order chi connectivity index (χ1) is 9.54. The number of aliphatic hydroxyl groups is 2. The number of carbonyl (C=O) groups is 1. The highest BCUT2D eigenvalue weighted by Crippen LogP contribution is 2.31. The number of phenolic OH excluding ortho intramolecular Hbond substituents is 1. The van der Waals surface area contributed by atoms with E-state index in [0.29, 0.717) is 12.0 Å². The predicted molar refractivity (Wildman–Crippen MR) is 72.6 cm³/mol. The summed E-state index contributed by atoms with van der Waals surface area (Å²) in [7, 11) is 0. The molecule has 1 aromatic rings. The molecule has 1 aliphatic carbocycles. The van der Waals surface area contributed by atoms with Gasteiger partial charge in [0, 0.05) is 5.92 Å². The van der Waals surface area contributed by atoms with Crippen LogP contribution in [0.1, 0.15) is 35.2 Å². The maximum Gasteiger partial charge on any atom is 0.341 e. The maximum atomic E-state index is 11.7. The largest absolute Gasteiger partial charge is 0.507 e. The zero-order chi connectivity index (χ0) is 14.7. The van der Waals surface area contributed by atoms with Gasteiger partial charge in [-0.25, -0.2) is 4.79 Å². The highest BCUT2D eigenvalue weighted by molar-refractivity contribution is 5.92. The van der Waals surface area contributed by atoms with Crippen LogP contribution in [0.3, 0.4) is 0 Å². The summed E-state index contributed by atoms with van der Waals surface area (Å²) in [5.74, 6) is -1.18. The van der Waals surface area contributed by atoms with Crippen molar-refractivity contribution in [1.82, 2.24) is 0 Å². The minimum absolute atomic E-state index is 0.0602. The molecule has 0 saturated heterocycles. The average molecular weight is 278 g/mol. The minimum atomic E-state index is -0.931. The lowest BCUT2D eigenvalue weighted by Crippen LogP contribution is -2.33. The van der Waals surface area contributed by atoms with E-state index < -0.39 is 24.1 Å². The van der Waals surface area contributed by atoms with Crippen molar-refractivity contribution in [2.24, 2.45) is 0 Å². The van der Waals surface area contributed by atoms with E-state index in [9.17, 15) is 20.1 Å². The van der Waals surface area contributed by atoms with Gasteiger partial charge < -0.3 is 20.1 Å². The number of rotatable bonds is 3. The highest BCUT2D eigenvalue weighted by Gasteiger charge is 2.29. The number of aliphatic hydroxyl groups excluding tert-OH is 2. The molecule has 3 atom stereocenters. The monoisotopic (exact) mass is 278 g/mol. The van der Waals surface area contributed by atoms with E-state index in [2.05, 4.69) is 0 Å². The molecule has 1 aromatic carbocycles. The molecule has 0 heterocycles. The van der Waals surface area contributed by atoms with E-state index in [0.717, 1.165) is 0 Å². The smallest absolute Gasteiger partial charge is 0.341 e. The molecule has 108 valence electrons. The van der Waals surface area contributed by atoms with Crippen LogP contribution in [-0.2, 0) is 4.74 Å². The normalized spacial score (nSPS) is 25.4. The molecule has 5 nitrogen and oxygen atoms in total. The van der Waals surface area contributed by atoms with Gasteiger partial charge in [-0.3, -0.25) is 0 Å². The lowest BCUT2D eigenvalue weighted by atomic mass is 9.84. The Morgan fingerprint density at radius 2 is 2.15 bits per heavy atom. The van der Waals surface area contributed by atoms with Crippen LogP contribution in [0.4, 0.5) is 0 Å². The fraction of sp³-hybridized carbons (Fsp3) is 0.400. The topological polar surface area (TPSA) is 87.0 Å². The molecule has 0 saturated carbocycles. The third kappa shape index (κ3) is 2.84. The SMILES string of the molecule is CCOC(=O)c1cc([C@@H]2C=CC[C@@H](O)[C@H]2O)ccc1O. The van der Waals surface area contributed by atoms with Crippen molar-refractivity contribution in [1.29, 1.82) is 0 Å². The minimum Gasteiger partial charge on any atom is -0.507 e.